The standard InChI is InChI=1S/C9H10O4/c1-5-4-6-2-3-13-7(6)9(5,12)8(10)11/h2-3,5,12H,4H2,1H3,(H,10,11). The summed E-state index contributed by atoms with van der Waals surface area (Å²) in [5, 5.41) is 18.8. The number of hydrogen-bond acceptors (Lipinski definition) is 3. The van der Waals surface area contributed by atoms with E-state index in [0.29, 0.717) is 6.42 Å². The third kappa shape index (κ3) is 0.862. The Hall–Kier alpha value is -1.29. The van der Waals surface area contributed by atoms with Crippen LogP contribution in [0.5, 0.6) is 0 Å². The SMILES string of the molecule is CC1Cc2ccoc2C1(O)C(=O)O. The van der Waals surface area contributed by atoms with Crippen LogP contribution in [0.4, 0.5) is 0 Å². The Bertz CT molecular complexity index is 354. The highest BCUT2D eigenvalue weighted by Crippen LogP contribution is 2.41. The van der Waals surface area contributed by atoms with Crippen molar-refractivity contribution in [2.75, 3.05) is 0 Å². The number of rotatable bonds is 1. The van der Waals surface area contributed by atoms with E-state index in [1.165, 1.54) is 6.26 Å². The Labute approximate surface area is 74.8 Å². The molecule has 1 aliphatic carbocycles. The van der Waals surface area contributed by atoms with Crippen LogP contribution in [-0.4, -0.2) is 16.2 Å². The molecule has 0 fully saturated rings. The maximum absolute atomic E-state index is 10.9. The molecule has 2 unspecified atom stereocenters. The first-order valence-corrected chi connectivity index (χ1v) is 4.09. The molecule has 1 aliphatic rings. The van der Waals surface area contributed by atoms with E-state index in [0.717, 1.165) is 5.56 Å². The zero-order valence-electron chi connectivity index (χ0n) is 7.15. The normalized spacial score (nSPS) is 31.7. The van der Waals surface area contributed by atoms with Crippen molar-refractivity contribution in [3.8, 4) is 0 Å². The van der Waals surface area contributed by atoms with E-state index in [4.69, 9.17) is 9.52 Å². The van der Waals surface area contributed by atoms with Gasteiger partial charge in [-0.25, -0.2) is 4.79 Å². The molecule has 13 heavy (non-hydrogen) atoms. The predicted molar refractivity (Wildman–Crippen MR) is 43.1 cm³/mol. The number of carbonyl (C=O) groups is 1. The molecule has 0 spiro atoms. The van der Waals surface area contributed by atoms with Gasteiger partial charge in [-0.15, -0.1) is 0 Å². The number of hydrogen-bond donors (Lipinski definition) is 2. The lowest BCUT2D eigenvalue weighted by atomic mass is 9.92. The summed E-state index contributed by atoms with van der Waals surface area (Å²) in [6.07, 6.45) is 1.96. The van der Waals surface area contributed by atoms with Crippen LogP contribution < -0.4 is 0 Å². The molecular weight excluding hydrogens is 172 g/mol. The summed E-state index contributed by atoms with van der Waals surface area (Å²) in [5.74, 6) is -1.39. The van der Waals surface area contributed by atoms with Gasteiger partial charge in [-0.3, -0.25) is 0 Å². The highest BCUT2D eigenvalue weighted by molar-refractivity contribution is 5.80. The lowest BCUT2D eigenvalue weighted by Gasteiger charge is -2.21. The molecule has 0 amide bonds. The predicted octanol–water partition coefficient (Wildman–Crippen LogP) is 0.744. The second-order valence-corrected chi connectivity index (χ2v) is 3.45. The number of carboxylic acids is 1. The minimum atomic E-state index is -1.83. The summed E-state index contributed by atoms with van der Waals surface area (Å²) in [7, 11) is 0. The van der Waals surface area contributed by atoms with Gasteiger partial charge in [0, 0.05) is 5.92 Å². The molecule has 2 N–H and O–H groups in total. The Morgan fingerprint density at radius 2 is 2.46 bits per heavy atom. The van der Waals surface area contributed by atoms with Gasteiger partial charge in [0.05, 0.1) is 6.26 Å². The Morgan fingerprint density at radius 1 is 1.77 bits per heavy atom. The molecule has 1 aromatic heterocycles. The van der Waals surface area contributed by atoms with Gasteiger partial charge in [0.2, 0.25) is 5.60 Å². The zero-order chi connectivity index (χ0) is 9.64. The van der Waals surface area contributed by atoms with Crippen molar-refractivity contribution in [1.82, 2.24) is 0 Å². The number of aliphatic hydroxyl groups is 1. The first-order chi connectivity index (χ1) is 6.06. The van der Waals surface area contributed by atoms with E-state index in [1.54, 1.807) is 13.0 Å². The van der Waals surface area contributed by atoms with Crippen LogP contribution in [0.25, 0.3) is 0 Å². The highest BCUT2D eigenvalue weighted by Gasteiger charge is 2.52. The molecule has 4 heteroatoms. The smallest absolute Gasteiger partial charge is 0.344 e. The molecule has 2 rings (SSSR count). The lowest BCUT2D eigenvalue weighted by Crippen LogP contribution is -2.38. The third-order valence-electron chi connectivity index (χ3n) is 2.66. The van der Waals surface area contributed by atoms with E-state index < -0.39 is 11.6 Å². The number of carboxylic acid groups (broad SMARTS) is 1. The van der Waals surface area contributed by atoms with Gasteiger partial charge in [0.1, 0.15) is 5.76 Å². The topological polar surface area (TPSA) is 70.7 Å². The molecule has 4 nitrogen and oxygen atoms in total. The van der Waals surface area contributed by atoms with Gasteiger partial charge in [0.25, 0.3) is 0 Å². The summed E-state index contributed by atoms with van der Waals surface area (Å²) in [4.78, 5) is 10.9. The van der Waals surface area contributed by atoms with Crippen LogP contribution in [0.3, 0.4) is 0 Å². The van der Waals surface area contributed by atoms with Gasteiger partial charge in [-0.1, -0.05) is 6.92 Å². The Kier molecular flexibility index (Phi) is 1.51. The Morgan fingerprint density at radius 3 is 3.08 bits per heavy atom. The summed E-state index contributed by atoms with van der Waals surface area (Å²) in [6, 6.07) is 1.70. The third-order valence-corrected chi connectivity index (χ3v) is 2.66. The first kappa shape index (κ1) is 8.31. The van der Waals surface area contributed by atoms with Crippen LogP contribution >= 0.6 is 0 Å². The van der Waals surface area contributed by atoms with Crippen LogP contribution in [-0.2, 0) is 16.8 Å². The van der Waals surface area contributed by atoms with Crippen LogP contribution in [0.1, 0.15) is 18.2 Å². The fourth-order valence-electron chi connectivity index (χ4n) is 1.84. The number of aliphatic carboxylic acids is 1. The van der Waals surface area contributed by atoms with E-state index >= 15 is 0 Å². The molecule has 1 aromatic rings. The molecule has 0 saturated heterocycles. The van der Waals surface area contributed by atoms with Crippen LogP contribution in [0.15, 0.2) is 16.7 Å². The van der Waals surface area contributed by atoms with Gasteiger partial charge >= 0.3 is 5.97 Å². The average Bonchev–Trinajstić information content (AvgIpc) is 2.57. The van der Waals surface area contributed by atoms with Gasteiger partial charge in [-0.2, -0.15) is 0 Å². The maximum Gasteiger partial charge on any atom is 0.344 e. The highest BCUT2D eigenvalue weighted by atomic mass is 16.4. The van der Waals surface area contributed by atoms with Gasteiger partial charge in [-0.05, 0) is 18.1 Å². The van der Waals surface area contributed by atoms with E-state index in [1.807, 2.05) is 0 Å². The minimum Gasteiger partial charge on any atom is -0.479 e. The number of fused-ring (bicyclic) bond motifs is 1. The van der Waals surface area contributed by atoms with Crippen molar-refractivity contribution in [2.24, 2.45) is 5.92 Å². The van der Waals surface area contributed by atoms with Crippen molar-refractivity contribution >= 4 is 5.97 Å². The van der Waals surface area contributed by atoms with Crippen molar-refractivity contribution in [3.05, 3.63) is 23.7 Å². The van der Waals surface area contributed by atoms with Crippen molar-refractivity contribution in [2.45, 2.75) is 18.9 Å². The van der Waals surface area contributed by atoms with Crippen LogP contribution in [0.2, 0.25) is 0 Å². The molecule has 2 atom stereocenters. The second kappa shape index (κ2) is 2.35. The summed E-state index contributed by atoms with van der Waals surface area (Å²) >= 11 is 0. The fraction of sp³-hybridized carbons (Fsp3) is 0.444. The quantitative estimate of drug-likeness (QED) is 0.672. The molecule has 0 aromatic carbocycles. The molecule has 1 heterocycles. The first-order valence-electron chi connectivity index (χ1n) is 4.09. The zero-order valence-corrected chi connectivity index (χ0v) is 7.15. The van der Waals surface area contributed by atoms with Crippen molar-refractivity contribution in [1.29, 1.82) is 0 Å². The molecular formula is C9H10O4. The summed E-state index contributed by atoms with van der Waals surface area (Å²) < 4.78 is 4.99. The van der Waals surface area contributed by atoms with Gasteiger partial charge < -0.3 is 14.6 Å². The van der Waals surface area contributed by atoms with Gasteiger partial charge in [0.15, 0.2) is 0 Å². The van der Waals surface area contributed by atoms with E-state index in [9.17, 15) is 9.90 Å². The summed E-state index contributed by atoms with van der Waals surface area (Å²) in [5.41, 5.74) is -1.05. The summed E-state index contributed by atoms with van der Waals surface area (Å²) in [6.45, 7) is 1.70. The molecule has 0 radical (unpaired) electrons. The van der Waals surface area contributed by atoms with E-state index in [2.05, 4.69) is 0 Å². The largest absolute Gasteiger partial charge is 0.479 e. The number of furan rings is 1. The van der Waals surface area contributed by atoms with E-state index in [-0.39, 0.29) is 11.7 Å². The van der Waals surface area contributed by atoms with Crippen molar-refractivity contribution < 1.29 is 19.4 Å². The molecule has 0 saturated carbocycles. The second-order valence-electron chi connectivity index (χ2n) is 3.45. The molecule has 0 aliphatic heterocycles. The molecule has 70 valence electrons. The Balaban J connectivity index is 2.56. The van der Waals surface area contributed by atoms with Crippen molar-refractivity contribution in [3.63, 3.8) is 0 Å². The van der Waals surface area contributed by atoms with Crippen LogP contribution in [0, 0.1) is 5.92 Å². The molecule has 0 bridgehead atoms. The maximum atomic E-state index is 10.9. The average molecular weight is 182 g/mol. The fourth-order valence-corrected chi connectivity index (χ4v) is 1.84. The monoisotopic (exact) mass is 182 g/mol. The minimum absolute atomic E-state index is 0.188. The lowest BCUT2D eigenvalue weighted by molar-refractivity contribution is -0.166.